The van der Waals surface area contributed by atoms with Gasteiger partial charge in [0.25, 0.3) is 5.56 Å². The highest BCUT2D eigenvalue weighted by Crippen LogP contribution is 2.29. The first kappa shape index (κ1) is 24.2. The van der Waals surface area contributed by atoms with E-state index in [1.807, 2.05) is 6.07 Å². The first-order valence-corrected chi connectivity index (χ1v) is 10.3. The highest BCUT2D eigenvalue weighted by molar-refractivity contribution is 7.99. The van der Waals surface area contributed by atoms with Crippen LogP contribution in [-0.4, -0.2) is 33.2 Å². The summed E-state index contributed by atoms with van der Waals surface area (Å²) in [5.74, 6) is -0.109. The Morgan fingerprint density at radius 3 is 2.48 bits per heavy atom. The highest BCUT2D eigenvalue weighted by Gasteiger charge is 2.31. The highest BCUT2D eigenvalue weighted by atomic mass is 32.2. The smallest absolute Gasteiger partial charge is 0.489 e. The monoisotopic (exact) mass is 477 g/mol. The lowest BCUT2D eigenvalue weighted by atomic mass is 10.1. The zero-order valence-electron chi connectivity index (χ0n) is 17.5. The molecule has 0 saturated carbocycles. The van der Waals surface area contributed by atoms with Crippen molar-refractivity contribution in [3.8, 4) is 23.3 Å². The van der Waals surface area contributed by atoms with Crippen molar-refractivity contribution < 1.29 is 27.8 Å². The number of ether oxygens (including phenoxy) is 2. The number of hydrogen-bond acceptors (Lipinski definition) is 7. The Hall–Kier alpha value is -3.49. The number of nitrogens with zero attached hydrogens (tertiary/aromatic N) is 3. The van der Waals surface area contributed by atoms with Crippen LogP contribution in [0.5, 0.6) is 11.5 Å². The lowest BCUT2D eigenvalue weighted by molar-refractivity contribution is -0.274. The van der Waals surface area contributed by atoms with Crippen molar-refractivity contribution in [3.63, 3.8) is 0 Å². The summed E-state index contributed by atoms with van der Waals surface area (Å²) in [7, 11) is 0. The number of benzene rings is 2. The molecule has 172 valence electrons. The van der Waals surface area contributed by atoms with Crippen LogP contribution in [0.1, 0.15) is 19.4 Å². The third-order valence-corrected chi connectivity index (χ3v) is 5.01. The van der Waals surface area contributed by atoms with Gasteiger partial charge in [-0.25, -0.2) is 4.98 Å². The van der Waals surface area contributed by atoms with Gasteiger partial charge in [-0.1, -0.05) is 11.8 Å². The molecule has 0 saturated heterocycles. The van der Waals surface area contributed by atoms with E-state index in [0.717, 1.165) is 23.9 Å². The topological polar surface area (TPSA) is 97.4 Å². The molecule has 3 rings (SSSR count). The second-order valence-corrected chi connectivity index (χ2v) is 8.48. The van der Waals surface area contributed by atoms with Gasteiger partial charge in [0, 0.05) is 17.3 Å². The van der Waals surface area contributed by atoms with E-state index < -0.39 is 17.5 Å². The molecule has 11 heteroatoms. The van der Waals surface area contributed by atoms with Gasteiger partial charge in [0.15, 0.2) is 5.03 Å². The number of rotatable bonds is 7. The number of aliphatic hydroxyl groups is 1. The van der Waals surface area contributed by atoms with Crippen LogP contribution in [-0.2, 0) is 0 Å². The van der Waals surface area contributed by atoms with E-state index in [4.69, 9.17) is 4.74 Å². The Labute approximate surface area is 191 Å². The molecule has 1 N–H and O–H groups in total. The van der Waals surface area contributed by atoms with Crippen LogP contribution in [0.4, 0.5) is 13.2 Å². The predicted octanol–water partition coefficient (Wildman–Crippen LogP) is 4.30. The Kier molecular flexibility index (Phi) is 7.00. The van der Waals surface area contributed by atoms with Crippen LogP contribution in [0.25, 0.3) is 5.69 Å². The van der Waals surface area contributed by atoms with Crippen molar-refractivity contribution in [2.45, 2.75) is 35.7 Å². The summed E-state index contributed by atoms with van der Waals surface area (Å²) in [5.41, 5.74) is -0.996. The molecule has 3 aromatic rings. The van der Waals surface area contributed by atoms with E-state index in [1.165, 1.54) is 41.2 Å². The summed E-state index contributed by atoms with van der Waals surface area (Å²) in [5, 5.41) is 19.3. The summed E-state index contributed by atoms with van der Waals surface area (Å²) in [6.07, 6.45) is -1.96. The fourth-order valence-corrected chi connectivity index (χ4v) is 3.42. The number of nitriles is 1. The maximum absolute atomic E-state index is 12.9. The lowest BCUT2D eigenvalue weighted by Gasteiger charge is -2.18. The molecular formula is C22H18F3N3O4S. The summed E-state index contributed by atoms with van der Waals surface area (Å²) in [6, 6.07) is 11.6. The largest absolute Gasteiger partial charge is 0.573 e. The van der Waals surface area contributed by atoms with E-state index in [9.17, 15) is 28.3 Å². The van der Waals surface area contributed by atoms with Crippen molar-refractivity contribution in [1.29, 1.82) is 5.26 Å². The Morgan fingerprint density at radius 2 is 1.88 bits per heavy atom. The van der Waals surface area contributed by atoms with Crippen molar-refractivity contribution in [2.24, 2.45) is 0 Å². The molecule has 2 aromatic carbocycles. The van der Waals surface area contributed by atoms with Gasteiger partial charge >= 0.3 is 6.36 Å². The van der Waals surface area contributed by atoms with Crippen LogP contribution >= 0.6 is 11.8 Å². The quantitative estimate of drug-likeness (QED) is 0.542. The van der Waals surface area contributed by atoms with Crippen molar-refractivity contribution in [3.05, 3.63) is 70.8 Å². The molecule has 0 bridgehead atoms. The van der Waals surface area contributed by atoms with Gasteiger partial charge in [-0.2, -0.15) is 5.26 Å². The summed E-state index contributed by atoms with van der Waals surface area (Å²) in [4.78, 5) is 17.5. The van der Waals surface area contributed by atoms with E-state index in [1.54, 1.807) is 19.9 Å². The zero-order chi connectivity index (χ0) is 24.2. The van der Waals surface area contributed by atoms with E-state index in [0.29, 0.717) is 10.6 Å². The number of halogens is 3. The Bertz CT molecular complexity index is 1230. The van der Waals surface area contributed by atoms with Crippen LogP contribution in [0.2, 0.25) is 0 Å². The zero-order valence-corrected chi connectivity index (χ0v) is 18.3. The number of aromatic nitrogens is 2. The minimum Gasteiger partial charge on any atom is -0.489 e. The molecule has 0 aliphatic rings. The summed E-state index contributed by atoms with van der Waals surface area (Å²) < 4.78 is 47.5. The van der Waals surface area contributed by atoms with Crippen LogP contribution < -0.4 is 15.0 Å². The Balaban J connectivity index is 1.84. The fourth-order valence-electron chi connectivity index (χ4n) is 2.62. The normalized spacial score (nSPS) is 11.7. The minimum absolute atomic E-state index is 0.0240. The summed E-state index contributed by atoms with van der Waals surface area (Å²) >= 11 is 0.975. The van der Waals surface area contributed by atoms with E-state index >= 15 is 0 Å². The van der Waals surface area contributed by atoms with Crippen molar-refractivity contribution >= 4 is 11.8 Å². The molecule has 1 aromatic heterocycles. The van der Waals surface area contributed by atoms with Gasteiger partial charge in [-0.3, -0.25) is 9.36 Å². The molecule has 0 atom stereocenters. The van der Waals surface area contributed by atoms with Crippen LogP contribution in [0, 0.1) is 11.3 Å². The second kappa shape index (κ2) is 9.56. The van der Waals surface area contributed by atoms with Gasteiger partial charge in [0.2, 0.25) is 0 Å². The summed E-state index contributed by atoms with van der Waals surface area (Å²) in [6.45, 7) is 3.11. The molecular weight excluding hydrogens is 459 g/mol. The van der Waals surface area contributed by atoms with Crippen molar-refractivity contribution in [2.75, 3.05) is 6.61 Å². The average molecular weight is 477 g/mol. The van der Waals surface area contributed by atoms with Gasteiger partial charge in [0.1, 0.15) is 24.2 Å². The van der Waals surface area contributed by atoms with Gasteiger partial charge < -0.3 is 14.6 Å². The van der Waals surface area contributed by atoms with Gasteiger partial charge in [0.05, 0.1) is 16.9 Å². The third kappa shape index (κ3) is 6.74. The van der Waals surface area contributed by atoms with Gasteiger partial charge in [-0.15, -0.1) is 13.2 Å². The first-order valence-electron chi connectivity index (χ1n) is 9.46. The van der Waals surface area contributed by atoms with Crippen LogP contribution in [0.15, 0.2) is 69.6 Å². The molecule has 0 amide bonds. The molecule has 0 aliphatic carbocycles. The second-order valence-electron chi connectivity index (χ2n) is 7.42. The minimum atomic E-state index is -4.79. The average Bonchev–Trinajstić information content (AvgIpc) is 2.73. The molecule has 0 aliphatic heterocycles. The van der Waals surface area contributed by atoms with Gasteiger partial charge in [-0.05, 0) is 56.3 Å². The maximum Gasteiger partial charge on any atom is 0.573 e. The third-order valence-electron chi connectivity index (χ3n) is 4.02. The molecule has 0 radical (unpaired) electrons. The molecule has 0 unspecified atom stereocenters. The maximum atomic E-state index is 12.9. The first-order chi connectivity index (χ1) is 15.4. The predicted molar refractivity (Wildman–Crippen MR) is 114 cm³/mol. The molecule has 7 nitrogen and oxygen atoms in total. The molecule has 1 heterocycles. The fraction of sp³-hybridized carbons (Fsp3) is 0.227. The SMILES string of the molecule is CC(C)(O)COc1ccc(-n2ccnc(Sc3ccc(OC(F)(F)F)cc3)c2=O)cc1C#N. The molecule has 0 fully saturated rings. The molecule has 0 spiro atoms. The van der Waals surface area contributed by atoms with E-state index in [-0.39, 0.29) is 28.7 Å². The number of alkyl halides is 3. The van der Waals surface area contributed by atoms with Crippen LogP contribution in [0.3, 0.4) is 0 Å². The standard InChI is InChI=1S/C22H18F3N3O4S/c1-21(2,30)13-31-18-8-3-15(11-14(18)12-26)28-10-9-27-19(20(28)29)33-17-6-4-16(5-7-17)32-22(23,24)25/h3-11,30H,13H2,1-2H3. The lowest BCUT2D eigenvalue weighted by Crippen LogP contribution is -2.28. The van der Waals surface area contributed by atoms with Crippen molar-refractivity contribution in [1.82, 2.24) is 9.55 Å². The van der Waals surface area contributed by atoms with E-state index in [2.05, 4.69) is 9.72 Å². The number of hydrogen-bond donors (Lipinski definition) is 1. The molecule has 33 heavy (non-hydrogen) atoms. The Morgan fingerprint density at radius 1 is 1.18 bits per heavy atom.